The number of ether oxygens (including phenoxy) is 2. The fourth-order valence-corrected chi connectivity index (χ4v) is 5.09. The number of nitrogens with one attached hydrogen (secondary N) is 1. The molecule has 13 heteroatoms. The summed E-state index contributed by atoms with van der Waals surface area (Å²) in [5.74, 6) is 0.825. The second kappa shape index (κ2) is 11.8. The molecule has 5 rings (SSSR count). The SMILES string of the molecule is CC(C)CCNC(=O)c1nnc2n1CC1(CC2)CCN(Cc2ccc3c(c2)OCO3)CC1.O=C(O)C(F)(F)F. The number of piperidine rings is 1. The Morgan fingerprint density at radius 3 is 2.49 bits per heavy atom. The van der Waals surface area contributed by atoms with Gasteiger partial charge in [0.25, 0.3) is 5.91 Å². The largest absolute Gasteiger partial charge is 0.490 e. The van der Waals surface area contributed by atoms with Gasteiger partial charge in [0.1, 0.15) is 5.82 Å². The van der Waals surface area contributed by atoms with E-state index in [0.29, 0.717) is 25.1 Å². The van der Waals surface area contributed by atoms with Crippen molar-refractivity contribution in [3.05, 3.63) is 35.4 Å². The van der Waals surface area contributed by atoms with Crippen LogP contribution in [-0.2, 0) is 24.3 Å². The molecular formula is C26H34F3N5O5. The minimum absolute atomic E-state index is 0.0957. The van der Waals surface area contributed by atoms with Crippen LogP contribution in [0.15, 0.2) is 18.2 Å². The lowest BCUT2D eigenvalue weighted by molar-refractivity contribution is -0.192. The van der Waals surface area contributed by atoms with Gasteiger partial charge in [-0.3, -0.25) is 9.69 Å². The molecule has 1 aromatic carbocycles. The first-order valence-corrected chi connectivity index (χ1v) is 13.1. The zero-order chi connectivity index (χ0) is 28.2. The third-order valence-electron chi connectivity index (χ3n) is 7.41. The van der Waals surface area contributed by atoms with E-state index in [1.165, 1.54) is 5.56 Å². The summed E-state index contributed by atoms with van der Waals surface area (Å²) in [6.07, 6.45) is 0.162. The summed E-state index contributed by atoms with van der Waals surface area (Å²) in [7, 11) is 0. The molecule has 0 saturated carbocycles. The molecule has 3 aliphatic heterocycles. The maximum absolute atomic E-state index is 12.7. The molecule has 1 aromatic heterocycles. The Kier molecular flexibility index (Phi) is 8.67. The van der Waals surface area contributed by atoms with E-state index in [9.17, 15) is 18.0 Å². The van der Waals surface area contributed by atoms with Crippen molar-refractivity contribution >= 4 is 11.9 Å². The van der Waals surface area contributed by atoms with Gasteiger partial charge in [0, 0.05) is 26.1 Å². The molecule has 1 spiro atoms. The highest BCUT2D eigenvalue weighted by Crippen LogP contribution is 2.41. The van der Waals surface area contributed by atoms with Crippen LogP contribution in [0.4, 0.5) is 13.2 Å². The van der Waals surface area contributed by atoms with Crippen LogP contribution < -0.4 is 14.8 Å². The van der Waals surface area contributed by atoms with E-state index in [0.717, 1.165) is 75.6 Å². The second-order valence-corrected chi connectivity index (χ2v) is 10.7. The lowest BCUT2D eigenvalue weighted by Gasteiger charge is -2.44. The molecule has 0 bridgehead atoms. The zero-order valence-electron chi connectivity index (χ0n) is 22.1. The van der Waals surface area contributed by atoms with E-state index in [4.69, 9.17) is 19.4 Å². The average molecular weight is 554 g/mol. The predicted octanol–water partition coefficient (Wildman–Crippen LogP) is 3.64. The summed E-state index contributed by atoms with van der Waals surface area (Å²) >= 11 is 0. The van der Waals surface area contributed by atoms with Crippen LogP contribution in [0.3, 0.4) is 0 Å². The number of aromatic nitrogens is 3. The highest BCUT2D eigenvalue weighted by Gasteiger charge is 2.40. The molecule has 10 nitrogen and oxygen atoms in total. The van der Waals surface area contributed by atoms with E-state index >= 15 is 0 Å². The number of carboxylic acid groups (broad SMARTS) is 1. The van der Waals surface area contributed by atoms with Gasteiger partial charge in [0.15, 0.2) is 11.5 Å². The number of fused-ring (bicyclic) bond motifs is 2. The van der Waals surface area contributed by atoms with Crippen molar-refractivity contribution in [1.29, 1.82) is 0 Å². The number of aliphatic carboxylic acids is 1. The molecular weight excluding hydrogens is 519 g/mol. The number of nitrogens with zero attached hydrogens (tertiary/aromatic N) is 4. The van der Waals surface area contributed by atoms with Gasteiger partial charge in [-0.05, 0) is 67.8 Å². The van der Waals surface area contributed by atoms with E-state index in [1.807, 2.05) is 6.07 Å². The molecule has 1 amide bonds. The fourth-order valence-electron chi connectivity index (χ4n) is 5.09. The normalized spacial score (nSPS) is 17.9. The van der Waals surface area contributed by atoms with Crippen LogP contribution in [0.1, 0.15) is 61.5 Å². The Labute approximate surface area is 224 Å². The van der Waals surface area contributed by atoms with Crippen molar-refractivity contribution in [1.82, 2.24) is 25.0 Å². The Bertz CT molecular complexity index is 1180. The first kappa shape index (κ1) is 28.7. The first-order chi connectivity index (χ1) is 18.5. The van der Waals surface area contributed by atoms with E-state index < -0.39 is 12.1 Å². The fraction of sp³-hybridized carbons (Fsp3) is 0.615. The number of hydrogen-bond acceptors (Lipinski definition) is 7. The number of rotatable bonds is 6. The van der Waals surface area contributed by atoms with Crippen molar-refractivity contribution in [3.8, 4) is 11.5 Å². The van der Waals surface area contributed by atoms with E-state index in [1.54, 1.807) is 0 Å². The van der Waals surface area contributed by atoms with E-state index in [2.05, 4.69) is 51.0 Å². The highest BCUT2D eigenvalue weighted by atomic mass is 19.4. The molecule has 0 aliphatic carbocycles. The molecule has 214 valence electrons. The average Bonchev–Trinajstić information content (AvgIpc) is 3.51. The van der Waals surface area contributed by atoms with Crippen LogP contribution in [-0.4, -0.2) is 69.3 Å². The number of benzene rings is 1. The number of hydrogen-bond donors (Lipinski definition) is 2. The van der Waals surface area contributed by atoms with Crippen LogP contribution in [0, 0.1) is 11.3 Å². The third-order valence-corrected chi connectivity index (χ3v) is 7.41. The lowest BCUT2D eigenvalue weighted by Crippen LogP contribution is -2.44. The Hall–Kier alpha value is -3.35. The number of likely N-dealkylation sites (tertiary alicyclic amines) is 1. The van der Waals surface area contributed by atoms with Gasteiger partial charge in [0.2, 0.25) is 12.6 Å². The Morgan fingerprint density at radius 1 is 1.13 bits per heavy atom. The molecule has 2 N–H and O–H groups in total. The standard InChI is InChI=1S/C24H33N5O3.C2HF3O2/c1-17(2)6-10-25-23(30)22-27-26-21-5-7-24(15-29(21)22)8-11-28(12-9-24)14-18-3-4-19-20(13-18)32-16-31-19;3-2(4,5)1(6)7/h3-4,13,17H,5-12,14-16H2,1-2H3,(H,25,30);(H,6,7). The summed E-state index contributed by atoms with van der Waals surface area (Å²) in [6.45, 7) is 9.20. The van der Waals surface area contributed by atoms with Crippen LogP contribution in [0.25, 0.3) is 0 Å². The van der Waals surface area contributed by atoms with Gasteiger partial charge in [-0.1, -0.05) is 19.9 Å². The monoisotopic (exact) mass is 553 g/mol. The van der Waals surface area contributed by atoms with Gasteiger partial charge >= 0.3 is 12.1 Å². The number of alkyl halides is 3. The van der Waals surface area contributed by atoms with Gasteiger partial charge in [-0.15, -0.1) is 10.2 Å². The topological polar surface area (TPSA) is 119 Å². The number of halogens is 3. The first-order valence-electron chi connectivity index (χ1n) is 13.1. The molecule has 1 fully saturated rings. The van der Waals surface area contributed by atoms with Crippen LogP contribution >= 0.6 is 0 Å². The zero-order valence-corrected chi connectivity index (χ0v) is 22.1. The third kappa shape index (κ3) is 7.20. The number of carbonyl (C=O) groups is 2. The van der Waals surface area contributed by atoms with Gasteiger partial charge < -0.3 is 24.5 Å². The molecule has 3 aliphatic rings. The quantitative estimate of drug-likeness (QED) is 0.557. The number of aryl methyl sites for hydroxylation is 1. The van der Waals surface area contributed by atoms with E-state index in [-0.39, 0.29) is 11.3 Å². The summed E-state index contributed by atoms with van der Waals surface area (Å²) < 4.78 is 44.8. The lowest BCUT2D eigenvalue weighted by atomic mass is 9.73. The summed E-state index contributed by atoms with van der Waals surface area (Å²) in [4.78, 5) is 24.1. The molecule has 0 unspecified atom stereocenters. The molecule has 0 atom stereocenters. The minimum Gasteiger partial charge on any atom is -0.475 e. The smallest absolute Gasteiger partial charge is 0.475 e. The number of amides is 1. The summed E-state index contributed by atoms with van der Waals surface area (Å²) in [5, 5.41) is 18.7. The van der Waals surface area contributed by atoms with Crippen LogP contribution in [0.2, 0.25) is 0 Å². The number of carboxylic acids is 1. The van der Waals surface area contributed by atoms with Crippen molar-refractivity contribution < 1.29 is 37.3 Å². The molecule has 1 saturated heterocycles. The van der Waals surface area contributed by atoms with Crippen LogP contribution in [0.5, 0.6) is 11.5 Å². The maximum atomic E-state index is 12.7. The Balaban J connectivity index is 0.000000448. The molecule has 0 radical (unpaired) electrons. The van der Waals surface area contributed by atoms with Gasteiger partial charge in [0.05, 0.1) is 0 Å². The maximum Gasteiger partial charge on any atom is 0.490 e. The van der Waals surface area contributed by atoms with Crippen molar-refractivity contribution in [2.45, 2.75) is 65.2 Å². The number of carbonyl (C=O) groups excluding carboxylic acids is 1. The molecule has 4 heterocycles. The second-order valence-electron chi connectivity index (χ2n) is 10.7. The summed E-state index contributed by atoms with van der Waals surface area (Å²) in [5.41, 5.74) is 1.49. The van der Waals surface area contributed by atoms with Crippen molar-refractivity contribution in [2.24, 2.45) is 11.3 Å². The minimum atomic E-state index is -5.08. The van der Waals surface area contributed by atoms with Gasteiger partial charge in [-0.25, -0.2) is 4.79 Å². The highest BCUT2D eigenvalue weighted by molar-refractivity contribution is 5.90. The van der Waals surface area contributed by atoms with Crippen molar-refractivity contribution in [2.75, 3.05) is 26.4 Å². The van der Waals surface area contributed by atoms with Gasteiger partial charge in [-0.2, -0.15) is 13.2 Å². The summed E-state index contributed by atoms with van der Waals surface area (Å²) in [6, 6.07) is 6.23. The molecule has 39 heavy (non-hydrogen) atoms. The Morgan fingerprint density at radius 2 is 1.82 bits per heavy atom. The predicted molar refractivity (Wildman–Crippen MR) is 133 cm³/mol. The van der Waals surface area contributed by atoms with Crippen molar-refractivity contribution in [3.63, 3.8) is 0 Å². The molecule has 2 aromatic rings.